The number of carbonyl (C=O) groups is 1. The predicted octanol–water partition coefficient (Wildman–Crippen LogP) is 1.54. The van der Waals surface area contributed by atoms with Crippen molar-refractivity contribution in [3.05, 3.63) is 23.8 Å². The Hall–Kier alpha value is -2.77. The van der Waals surface area contributed by atoms with Crippen molar-refractivity contribution in [1.82, 2.24) is 0 Å². The molecule has 24 heavy (non-hydrogen) atoms. The summed E-state index contributed by atoms with van der Waals surface area (Å²) in [6, 6.07) is 5.08. The lowest BCUT2D eigenvalue weighted by Crippen LogP contribution is -2.58. The predicted molar refractivity (Wildman–Crippen MR) is 94.5 cm³/mol. The number of aromatic carboxylic acids is 1. The first-order chi connectivity index (χ1) is 11.5. The van der Waals surface area contributed by atoms with Gasteiger partial charge in [-0.05, 0) is 37.8 Å². The van der Waals surface area contributed by atoms with E-state index in [4.69, 9.17) is 11.5 Å². The van der Waals surface area contributed by atoms with Gasteiger partial charge in [0.2, 0.25) is 11.9 Å². The van der Waals surface area contributed by atoms with Gasteiger partial charge in [0, 0.05) is 7.05 Å². The zero-order valence-corrected chi connectivity index (χ0v) is 13.6. The molecule has 0 radical (unpaired) electrons. The molecule has 8 heteroatoms. The first-order valence-electron chi connectivity index (χ1n) is 8.02. The van der Waals surface area contributed by atoms with Crippen LogP contribution in [0.3, 0.4) is 0 Å². The molecule has 1 saturated carbocycles. The first-order valence-corrected chi connectivity index (χ1v) is 8.02. The highest BCUT2D eigenvalue weighted by atomic mass is 16.4. The third kappa shape index (κ3) is 2.53. The molecule has 1 heterocycles. The smallest absolute Gasteiger partial charge is 0.337 e. The van der Waals surface area contributed by atoms with Gasteiger partial charge in [-0.15, -0.1) is 0 Å². The number of aliphatic imine (C=N–C) groups is 2. The van der Waals surface area contributed by atoms with Crippen molar-refractivity contribution in [2.45, 2.75) is 37.8 Å². The molecule has 0 saturated heterocycles. The summed E-state index contributed by atoms with van der Waals surface area (Å²) in [5, 5.41) is 12.4. The van der Waals surface area contributed by atoms with Crippen molar-refractivity contribution >= 4 is 29.3 Å². The quantitative estimate of drug-likeness (QED) is 0.665. The lowest BCUT2D eigenvalue weighted by molar-refractivity contribution is 0.0698. The third-order valence-corrected chi connectivity index (χ3v) is 4.62. The largest absolute Gasteiger partial charge is 0.478 e. The second-order valence-electron chi connectivity index (χ2n) is 6.07. The Morgan fingerprint density at radius 3 is 2.62 bits per heavy atom. The van der Waals surface area contributed by atoms with E-state index in [0.717, 1.165) is 32.1 Å². The highest BCUT2D eigenvalue weighted by molar-refractivity contribution is 6.09. The van der Waals surface area contributed by atoms with Crippen molar-refractivity contribution in [3.63, 3.8) is 0 Å². The normalized spacial score (nSPS) is 19.6. The number of nitrogens with zero attached hydrogens (tertiary/aromatic N) is 3. The van der Waals surface area contributed by atoms with Gasteiger partial charge in [-0.2, -0.15) is 4.99 Å². The highest BCUT2D eigenvalue weighted by Crippen LogP contribution is 2.42. The molecule has 0 aromatic heterocycles. The number of rotatable bonds is 3. The van der Waals surface area contributed by atoms with Crippen molar-refractivity contribution < 1.29 is 9.90 Å². The Morgan fingerprint density at radius 2 is 2.00 bits per heavy atom. The minimum Gasteiger partial charge on any atom is -0.478 e. The van der Waals surface area contributed by atoms with E-state index in [1.54, 1.807) is 19.2 Å². The number of anilines is 2. The molecule has 1 aliphatic heterocycles. The monoisotopic (exact) mass is 330 g/mol. The first kappa shape index (κ1) is 16.1. The van der Waals surface area contributed by atoms with Crippen LogP contribution in [0.2, 0.25) is 0 Å². The molecule has 3 rings (SSSR count). The average molecular weight is 330 g/mol. The fourth-order valence-corrected chi connectivity index (χ4v) is 3.64. The van der Waals surface area contributed by atoms with E-state index in [1.165, 1.54) is 0 Å². The van der Waals surface area contributed by atoms with Crippen LogP contribution in [0.15, 0.2) is 28.2 Å². The molecular weight excluding hydrogens is 308 g/mol. The number of hydrogen-bond acceptors (Lipinski definition) is 7. The Bertz CT molecular complexity index is 721. The maximum absolute atomic E-state index is 11.5. The molecule has 1 aromatic carbocycles. The zero-order valence-electron chi connectivity index (χ0n) is 13.6. The van der Waals surface area contributed by atoms with Crippen LogP contribution in [-0.2, 0) is 0 Å². The molecule has 2 aliphatic rings. The minimum absolute atomic E-state index is 0.172. The maximum atomic E-state index is 11.5. The van der Waals surface area contributed by atoms with Crippen LogP contribution in [0.5, 0.6) is 0 Å². The minimum atomic E-state index is -1.01. The summed E-state index contributed by atoms with van der Waals surface area (Å²) in [5.41, 5.74) is 12.8. The Balaban J connectivity index is 2.17. The van der Waals surface area contributed by atoms with Crippen LogP contribution >= 0.6 is 0 Å². The second kappa shape index (κ2) is 6.03. The number of nitrogens with two attached hydrogens (primary N) is 2. The number of hydrogen-bond donors (Lipinski definition) is 4. The summed E-state index contributed by atoms with van der Waals surface area (Å²) < 4.78 is 0. The fourth-order valence-electron chi connectivity index (χ4n) is 3.64. The van der Waals surface area contributed by atoms with Crippen LogP contribution in [0.25, 0.3) is 0 Å². The molecule has 1 fully saturated rings. The SMILES string of the molecule is CNc1c(C(=O)O)cccc1N1C(N)=NC(N)=NC12CCCCC2. The number of benzene rings is 1. The summed E-state index contributed by atoms with van der Waals surface area (Å²) in [6.45, 7) is 0. The van der Waals surface area contributed by atoms with Crippen molar-refractivity contribution in [3.8, 4) is 0 Å². The number of carboxylic acid groups (broad SMARTS) is 1. The van der Waals surface area contributed by atoms with E-state index in [1.807, 2.05) is 11.0 Å². The summed E-state index contributed by atoms with van der Waals surface area (Å²) >= 11 is 0. The van der Waals surface area contributed by atoms with Gasteiger partial charge < -0.3 is 21.9 Å². The molecule has 0 unspecified atom stereocenters. The Kier molecular flexibility index (Phi) is 4.04. The van der Waals surface area contributed by atoms with Gasteiger partial charge in [-0.1, -0.05) is 12.5 Å². The van der Waals surface area contributed by atoms with Gasteiger partial charge in [-0.25, -0.2) is 9.79 Å². The van der Waals surface area contributed by atoms with E-state index >= 15 is 0 Å². The van der Waals surface area contributed by atoms with E-state index < -0.39 is 11.6 Å². The summed E-state index contributed by atoms with van der Waals surface area (Å²) in [7, 11) is 1.69. The molecule has 128 valence electrons. The molecule has 1 aromatic rings. The van der Waals surface area contributed by atoms with Gasteiger partial charge in [0.05, 0.1) is 16.9 Å². The molecular formula is C16H22N6O2. The number of carboxylic acids is 1. The van der Waals surface area contributed by atoms with Crippen molar-refractivity contribution in [2.24, 2.45) is 21.5 Å². The molecule has 1 aliphatic carbocycles. The topological polar surface area (TPSA) is 129 Å². The van der Waals surface area contributed by atoms with E-state index in [2.05, 4.69) is 15.3 Å². The number of guanidine groups is 2. The fraction of sp³-hybridized carbons (Fsp3) is 0.438. The molecule has 1 spiro atoms. The lowest BCUT2D eigenvalue weighted by atomic mass is 9.87. The lowest BCUT2D eigenvalue weighted by Gasteiger charge is -2.46. The van der Waals surface area contributed by atoms with Crippen LogP contribution in [0, 0.1) is 0 Å². The number of nitrogens with one attached hydrogen (secondary N) is 1. The second-order valence-corrected chi connectivity index (χ2v) is 6.07. The summed E-state index contributed by atoms with van der Waals surface area (Å²) in [5.74, 6) is -0.594. The van der Waals surface area contributed by atoms with E-state index in [0.29, 0.717) is 11.4 Å². The third-order valence-electron chi connectivity index (χ3n) is 4.62. The number of para-hydroxylation sites is 1. The van der Waals surface area contributed by atoms with Crippen LogP contribution in [-0.4, -0.2) is 35.7 Å². The van der Waals surface area contributed by atoms with E-state index in [-0.39, 0.29) is 17.5 Å². The molecule has 0 atom stereocenters. The molecule has 8 nitrogen and oxygen atoms in total. The van der Waals surface area contributed by atoms with Gasteiger partial charge in [-0.3, -0.25) is 4.90 Å². The van der Waals surface area contributed by atoms with Gasteiger partial charge in [0.15, 0.2) is 0 Å². The van der Waals surface area contributed by atoms with Crippen LogP contribution < -0.4 is 21.7 Å². The van der Waals surface area contributed by atoms with Crippen molar-refractivity contribution in [1.29, 1.82) is 0 Å². The summed E-state index contributed by atoms with van der Waals surface area (Å²) in [6.07, 6.45) is 4.74. The highest BCUT2D eigenvalue weighted by Gasteiger charge is 2.43. The Morgan fingerprint density at radius 1 is 1.29 bits per heavy atom. The van der Waals surface area contributed by atoms with Gasteiger partial charge in [0.1, 0.15) is 5.66 Å². The standard InChI is InChI=1S/C16H22N6O2/c1-19-12-10(13(23)24)6-5-7-11(12)22-15(18)20-14(17)21-16(22)8-3-2-4-9-16/h5-7,19H,2-4,8-9H2,1H3,(H,23,24)(H4,17,18,20,21). The molecule has 0 amide bonds. The van der Waals surface area contributed by atoms with E-state index in [9.17, 15) is 9.90 Å². The maximum Gasteiger partial charge on any atom is 0.337 e. The van der Waals surface area contributed by atoms with Crippen LogP contribution in [0.1, 0.15) is 42.5 Å². The van der Waals surface area contributed by atoms with Gasteiger partial charge >= 0.3 is 5.97 Å². The summed E-state index contributed by atoms with van der Waals surface area (Å²) in [4.78, 5) is 22.1. The van der Waals surface area contributed by atoms with Crippen LogP contribution in [0.4, 0.5) is 11.4 Å². The zero-order chi connectivity index (χ0) is 17.3. The molecule has 0 bridgehead atoms. The van der Waals surface area contributed by atoms with Crippen molar-refractivity contribution in [2.75, 3.05) is 17.3 Å². The Labute approximate surface area is 140 Å². The average Bonchev–Trinajstić information content (AvgIpc) is 2.54. The molecule has 6 N–H and O–H groups in total. The van der Waals surface area contributed by atoms with Gasteiger partial charge in [0.25, 0.3) is 0 Å².